The van der Waals surface area contributed by atoms with Crippen LogP contribution in [-0.4, -0.2) is 36.0 Å². The lowest BCUT2D eigenvalue weighted by Gasteiger charge is -2.13. The highest BCUT2D eigenvalue weighted by molar-refractivity contribution is 7.18. The van der Waals surface area contributed by atoms with Gasteiger partial charge in [0.15, 0.2) is 0 Å². The number of nitrogens with zero attached hydrogens (tertiary/aromatic N) is 1. The SMILES string of the molecule is CCNC(=O)[C@@H](C)NC(=O)COCc1nc2ccccc2s1. The molecular formula is C15H19N3O3S. The van der Waals surface area contributed by atoms with Crippen molar-refractivity contribution in [2.75, 3.05) is 13.2 Å². The first-order valence-corrected chi connectivity index (χ1v) is 7.91. The molecule has 0 bridgehead atoms. The number of ether oxygens (including phenoxy) is 1. The van der Waals surface area contributed by atoms with Crippen LogP contribution < -0.4 is 10.6 Å². The van der Waals surface area contributed by atoms with Gasteiger partial charge in [-0.3, -0.25) is 9.59 Å². The lowest BCUT2D eigenvalue weighted by molar-refractivity contribution is -0.131. The van der Waals surface area contributed by atoms with Gasteiger partial charge in [0.05, 0.1) is 16.8 Å². The van der Waals surface area contributed by atoms with Gasteiger partial charge in [-0.1, -0.05) is 12.1 Å². The third kappa shape index (κ3) is 4.51. The number of nitrogens with one attached hydrogen (secondary N) is 2. The first-order valence-electron chi connectivity index (χ1n) is 7.09. The molecule has 2 N–H and O–H groups in total. The van der Waals surface area contributed by atoms with E-state index in [1.807, 2.05) is 31.2 Å². The Morgan fingerprint density at radius 3 is 2.86 bits per heavy atom. The minimum atomic E-state index is -0.571. The number of carbonyl (C=O) groups is 2. The van der Waals surface area contributed by atoms with Crippen LogP contribution in [0.2, 0.25) is 0 Å². The third-order valence-corrected chi connectivity index (χ3v) is 3.93. The quantitative estimate of drug-likeness (QED) is 0.809. The Hall–Kier alpha value is -1.99. The zero-order valence-electron chi connectivity index (χ0n) is 12.6. The molecule has 2 aromatic rings. The number of hydrogen-bond donors (Lipinski definition) is 2. The zero-order chi connectivity index (χ0) is 15.9. The number of thiazole rings is 1. The van der Waals surface area contributed by atoms with Crippen LogP contribution in [0.5, 0.6) is 0 Å². The molecular weight excluding hydrogens is 302 g/mol. The second-order valence-corrected chi connectivity index (χ2v) is 5.87. The molecule has 1 aromatic heterocycles. The van der Waals surface area contributed by atoms with Crippen molar-refractivity contribution in [1.82, 2.24) is 15.6 Å². The van der Waals surface area contributed by atoms with Crippen LogP contribution in [0, 0.1) is 0 Å². The molecule has 0 fully saturated rings. The maximum absolute atomic E-state index is 11.7. The predicted octanol–water partition coefficient (Wildman–Crippen LogP) is 1.45. The Morgan fingerprint density at radius 2 is 2.14 bits per heavy atom. The molecule has 22 heavy (non-hydrogen) atoms. The van der Waals surface area contributed by atoms with E-state index in [-0.39, 0.29) is 25.0 Å². The van der Waals surface area contributed by atoms with Gasteiger partial charge in [-0.05, 0) is 26.0 Å². The fraction of sp³-hybridized carbons (Fsp3) is 0.400. The molecule has 0 aliphatic carbocycles. The Kier molecular flexibility index (Phi) is 5.85. The van der Waals surface area contributed by atoms with E-state index < -0.39 is 6.04 Å². The Labute approximate surface area is 132 Å². The van der Waals surface area contributed by atoms with E-state index in [9.17, 15) is 9.59 Å². The van der Waals surface area contributed by atoms with Gasteiger partial charge in [-0.2, -0.15) is 0 Å². The highest BCUT2D eigenvalue weighted by Gasteiger charge is 2.14. The van der Waals surface area contributed by atoms with E-state index in [1.165, 1.54) is 0 Å². The average molecular weight is 321 g/mol. The van der Waals surface area contributed by atoms with Crippen LogP contribution in [0.1, 0.15) is 18.9 Å². The van der Waals surface area contributed by atoms with E-state index in [0.717, 1.165) is 15.2 Å². The van der Waals surface area contributed by atoms with Gasteiger partial charge < -0.3 is 15.4 Å². The van der Waals surface area contributed by atoms with Gasteiger partial charge in [0.25, 0.3) is 0 Å². The Morgan fingerprint density at radius 1 is 1.36 bits per heavy atom. The molecule has 0 saturated heterocycles. The predicted molar refractivity (Wildman–Crippen MR) is 85.6 cm³/mol. The fourth-order valence-corrected chi connectivity index (χ4v) is 2.79. The summed E-state index contributed by atoms with van der Waals surface area (Å²) in [5.74, 6) is -0.526. The van der Waals surface area contributed by atoms with Gasteiger partial charge in [-0.15, -0.1) is 11.3 Å². The first kappa shape index (κ1) is 16.4. The van der Waals surface area contributed by atoms with E-state index in [1.54, 1.807) is 18.3 Å². The van der Waals surface area contributed by atoms with Crippen molar-refractivity contribution in [2.45, 2.75) is 26.5 Å². The monoisotopic (exact) mass is 321 g/mol. The maximum atomic E-state index is 11.7. The highest BCUT2D eigenvalue weighted by Crippen LogP contribution is 2.21. The molecule has 1 heterocycles. The second kappa shape index (κ2) is 7.86. The van der Waals surface area contributed by atoms with Crippen LogP contribution in [0.25, 0.3) is 10.2 Å². The van der Waals surface area contributed by atoms with E-state index >= 15 is 0 Å². The molecule has 2 rings (SSSR count). The lowest BCUT2D eigenvalue weighted by Crippen LogP contribution is -2.45. The normalized spacial score (nSPS) is 12.1. The largest absolute Gasteiger partial charge is 0.364 e. The molecule has 0 unspecified atom stereocenters. The lowest BCUT2D eigenvalue weighted by atomic mass is 10.3. The molecule has 0 saturated carbocycles. The van der Waals surface area contributed by atoms with Crippen molar-refractivity contribution < 1.29 is 14.3 Å². The molecule has 1 aromatic carbocycles. The van der Waals surface area contributed by atoms with Crippen LogP contribution in [0.4, 0.5) is 0 Å². The van der Waals surface area contributed by atoms with Gasteiger partial charge in [-0.25, -0.2) is 4.98 Å². The summed E-state index contributed by atoms with van der Waals surface area (Å²) < 4.78 is 6.45. The molecule has 0 aliphatic heterocycles. The molecule has 0 aliphatic rings. The molecule has 0 spiro atoms. The number of aromatic nitrogens is 1. The molecule has 2 amide bonds. The topological polar surface area (TPSA) is 80.3 Å². The summed E-state index contributed by atoms with van der Waals surface area (Å²) in [5, 5.41) is 6.05. The fourth-order valence-electron chi connectivity index (χ4n) is 1.89. The van der Waals surface area contributed by atoms with Gasteiger partial charge in [0.2, 0.25) is 11.8 Å². The molecule has 6 nitrogen and oxygen atoms in total. The number of fused-ring (bicyclic) bond motifs is 1. The Balaban J connectivity index is 1.76. The standard InChI is InChI=1S/C15H19N3O3S/c1-3-16-15(20)10(2)17-13(19)8-21-9-14-18-11-6-4-5-7-12(11)22-14/h4-7,10H,3,8-9H2,1-2H3,(H,16,20)(H,17,19)/t10-/m1/s1. The smallest absolute Gasteiger partial charge is 0.246 e. The van der Waals surface area contributed by atoms with Gasteiger partial charge in [0.1, 0.15) is 17.7 Å². The van der Waals surface area contributed by atoms with Gasteiger partial charge in [0, 0.05) is 6.54 Å². The number of rotatable bonds is 7. The number of amides is 2. The summed E-state index contributed by atoms with van der Waals surface area (Å²) in [5.41, 5.74) is 0.931. The van der Waals surface area contributed by atoms with Crippen molar-refractivity contribution in [3.8, 4) is 0 Å². The summed E-state index contributed by atoms with van der Waals surface area (Å²) in [6.07, 6.45) is 0. The van der Waals surface area contributed by atoms with Crippen molar-refractivity contribution in [3.05, 3.63) is 29.3 Å². The van der Waals surface area contributed by atoms with Crippen molar-refractivity contribution in [2.24, 2.45) is 0 Å². The number of benzene rings is 1. The van der Waals surface area contributed by atoms with Crippen LogP contribution in [0.3, 0.4) is 0 Å². The summed E-state index contributed by atoms with van der Waals surface area (Å²) in [4.78, 5) is 27.6. The molecule has 1 atom stereocenters. The van der Waals surface area contributed by atoms with E-state index in [0.29, 0.717) is 6.54 Å². The number of likely N-dealkylation sites (N-methyl/N-ethyl adjacent to an activating group) is 1. The molecule has 7 heteroatoms. The summed E-state index contributed by atoms with van der Waals surface area (Å²) in [6.45, 7) is 4.18. The van der Waals surface area contributed by atoms with Crippen molar-refractivity contribution in [1.29, 1.82) is 0 Å². The van der Waals surface area contributed by atoms with Crippen LogP contribution in [-0.2, 0) is 20.9 Å². The summed E-state index contributed by atoms with van der Waals surface area (Å²) in [6, 6.07) is 7.26. The maximum Gasteiger partial charge on any atom is 0.246 e. The Bertz CT molecular complexity index is 623. The zero-order valence-corrected chi connectivity index (χ0v) is 13.4. The van der Waals surface area contributed by atoms with Crippen LogP contribution >= 0.6 is 11.3 Å². The van der Waals surface area contributed by atoms with E-state index in [4.69, 9.17) is 4.74 Å². The summed E-state index contributed by atoms with van der Waals surface area (Å²) >= 11 is 1.54. The average Bonchev–Trinajstić information content (AvgIpc) is 2.90. The van der Waals surface area contributed by atoms with Crippen molar-refractivity contribution >= 4 is 33.4 Å². The minimum Gasteiger partial charge on any atom is -0.364 e. The van der Waals surface area contributed by atoms with Crippen molar-refractivity contribution in [3.63, 3.8) is 0 Å². The van der Waals surface area contributed by atoms with Gasteiger partial charge >= 0.3 is 0 Å². The third-order valence-electron chi connectivity index (χ3n) is 2.92. The minimum absolute atomic E-state index is 0.0975. The second-order valence-electron chi connectivity index (χ2n) is 4.75. The number of para-hydroxylation sites is 1. The molecule has 118 valence electrons. The first-order chi connectivity index (χ1) is 10.6. The van der Waals surface area contributed by atoms with E-state index in [2.05, 4.69) is 15.6 Å². The molecule has 0 radical (unpaired) electrons. The van der Waals surface area contributed by atoms with Crippen LogP contribution in [0.15, 0.2) is 24.3 Å². The number of hydrogen-bond acceptors (Lipinski definition) is 5. The highest BCUT2D eigenvalue weighted by atomic mass is 32.1. The summed E-state index contributed by atoms with van der Waals surface area (Å²) in [7, 11) is 0. The number of carbonyl (C=O) groups excluding carboxylic acids is 2.